The fourth-order valence-corrected chi connectivity index (χ4v) is 3.55. The van der Waals surface area contributed by atoms with E-state index in [2.05, 4.69) is 36.5 Å². The third-order valence-corrected chi connectivity index (χ3v) is 4.29. The molecule has 0 heteroatoms. The molecule has 0 nitrogen and oxygen atoms in total. The lowest BCUT2D eigenvalue weighted by molar-refractivity contribution is 0.691. The van der Waals surface area contributed by atoms with E-state index in [0.29, 0.717) is 0 Å². The SMILES string of the molecule is C1=C/C=C2/CC=C3C4=C(CCCC4)C(=C32)C=C1. The van der Waals surface area contributed by atoms with Crippen molar-refractivity contribution in [3.63, 3.8) is 0 Å². The minimum Gasteiger partial charge on any atom is -0.0719 e. The molecule has 4 rings (SSSR count). The molecule has 0 spiro atoms. The van der Waals surface area contributed by atoms with Crippen LogP contribution in [0.2, 0.25) is 0 Å². The number of allylic oxidation sites excluding steroid dienone is 12. The Kier molecular flexibility index (Phi) is 1.93. The summed E-state index contributed by atoms with van der Waals surface area (Å²) < 4.78 is 0. The highest BCUT2D eigenvalue weighted by Gasteiger charge is 2.33. The van der Waals surface area contributed by atoms with Gasteiger partial charge in [-0.25, -0.2) is 0 Å². The van der Waals surface area contributed by atoms with Gasteiger partial charge in [0.25, 0.3) is 0 Å². The van der Waals surface area contributed by atoms with Crippen LogP contribution in [0, 0.1) is 0 Å². The van der Waals surface area contributed by atoms with E-state index in [1.807, 2.05) is 0 Å². The maximum atomic E-state index is 2.45. The molecule has 0 amide bonds. The summed E-state index contributed by atoms with van der Waals surface area (Å²) >= 11 is 0. The molecule has 17 heavy (non-hydrogen) atoms. The monoisotopic (exact) mass is 220 g/mol. The highest BCUT2D eigenvalue weighted by Crippen LogP contribution is 2.51. The second-order valence-electron chi connectivity index (χ2n) is 5.21. The summed E-state index contributed by atoms with van der Waals surface area (Å²) in [6.45, 7) is 0. The Hall–Kier alpha value is -1.56. The van der Waals surface area contributed by atoms with Crippen LogP contribution >= 0.6 is 0 Å². The standard InChI is InChI=1S/C17H16/c1-2-6-12-10-11-16-14-8-5-4-7-13(14)15(9-3-1)17(12)16/h1-3,6,9,11H,4-5,7-8,10H2/b2-1?,3-1?,6-2?,9-3?,12-6-,15-9?. The molecule has 0 saturated carbocycles. The van der Waals surface area contributed by atoms with Crippen LogP contribution in [-0.4, -0.2) is 0 Å². The maximum absolute atomic E-state index is 2.45. The molecule has 0 fully saturated rings. The fraction of sp³-hybridized carbons (Fsp3) is 0.294. The van der Waals surface area contributed by atoms with E-state index in [-0.39, 0.29) is 0 Å². The van der Waals surface area contributed by atoms with Crippen LogP contribution in [0.4, 0.5) is 0 Å². The highest BCUT2D eigenvalue weighted by atomic mass is 14.4. The van der Waals surface area contributed by atoms with Crippen LogP contribution < -0.4 is 0 Å². The first-order valence-electron chi connectivity index (χ1n) is 6.67. The maximum Gasteiger partial charge on any atom is -0.00735 e. The number of hydrogen-bond donors (Lipinski definition) is 0. The highest BCUT2D eigenvalue weighted by molar-refractivity contribution is 5.76. The zero-order valence-corrected chi connectivity index (χ0v) is 10.00. The summed E-state index contributed by atoms with van der Waals surface area (Å²) in [6, 6.07) is 0. The van der Waals surface area contributed by atoms with E-state index in [9.17, 15) is 0 Å². The van der Waals surface area contributed by atoms with Crippen LogP contribution in [0.25, 0.3) is 0 Å². The van der Waals surface area contributed by atoms with Crippen molar-refractivity contribution in [2.24, 2.45) is 0 Å². The van der Waals surface area contributed by atoms with Crippen molar-refractivity contribution in [2.45, 2.75) is 32.1 Å². The summed E-state index contributed by atoms with van der Waals surface area (Å²) in [5.41, 5.74) is 9.48. The summed E-state index contributed by atoms with van der Waals surface area (Å²) in [6.07, 6.45) is 20.0. The lowest BCUT2D eigenvalue weighted by Crippen LogP contribution is -1.97. The van der Waals surface area contributed by atoms with Crippen LogP contribution in [-0.2, 0) is 0 Å². The van der Waals surface area contributed by atoms with Gasteiger partial charge in [-0.15, -0.1) is 0 Å². The Morgan fingerprint density at radius 2 is 1.76 bits per heavy atom. The van der Waals surface area contributed by atoms with Crippen LogP contribution in [0.3, 0.4) is 0 Å². The predicted molar refractivity (Wildman–Crippen MR) is 71.6 cm³/mol. The van der Waals surface area contributed by atoms with E-state index in [1.54, 1.807) is 22.3 Å². The zero-order chi connectivity index (χ0) is 11.2. The molecule has 0 aromatic heterocycles. The molecule has 0 aromatic rings. The zero-order valence-electron chi connectivity index (χ0n) is 10.00. The Morgan fingerprint density at radius 3 is 2.71 bits per heavy atom. The van der Waals surface area contributed by atoms with Gasteiger partial charge in [-0.3, -0.25) is 0 Å². The van der Waals surface area contributed by atoms with Crippen LogP contribution in [0.5, 0.6) is 0 Å². The average Bonchev–Trinajstić information content (AvgIpc) is 2.84. The van der Waals surface area contributed by atoms with Crippen molar-refractivity contribution < 1.29 is 0 Å². The molecular formula is C17H16. The Labute approximate surface area is 102 Å². The van der Waals surface area contributed by atoms with E-state index in [0.717, 1.165) is 6.42 Å². The van der Waals surface area contributed by atoms with Crippen LogP contribution in [0.15, 0.2) is 69.9 Å². The van der Waals surface area contributed by atoms with Crippen LogP contribution in [0.1, 0.15) is 32.1 Å². The molecule has 0 bridgehead atoms. The Bertz CT molecular complexity index is 571. The molecule has 4 aliphatic rings. The molecule has 0 atom stereocenters. The Balaban J connectivity index is 1.96. The second kappa shape index (κ2) is 3.46. The van der Waals surface area contributed by atoms with E-state index >= 15 is 0 Å². The van der Waals surface area contributed by atoms with Gasteiger partial charge in [0.2, 0.25) is 0 Å². The summed E-state index contributed by atoms with van der Waals surface area (Å²) in [5, 5.41) is 0. The van der Waals surface area contributed by atoms with Crippen molar-refractivity contribution in [2.75, 3.05) is 0 Å². The number of fused-ring (bicyclic) bond motifs is 2. The molecule has 4 aliphatic carbocycles. The van der Waals surface area contributed by atoms with Gasteiger partial charge in [-0.1, -0.05) is 36.5 Å². The first kappa shape index (κ1) is 9.47. The molecular weight excluding hydrogens is 204 g/mol. The quantitative estimate of drug-likeness (QED) is 0.562. The van der Waals surface area contributed by atoms with E-state index in [4.69, 9.17) is 0 Å². The minimum atomic E-state index is 1.13. The van der Waals surface area contributed by atoms with Gasteiger partial charge in [0.1, 0.15) is 0 Å². The first-order chi connectivity index (χ1) is 8.45. The van der Waals surface area contributed by atoms with Gasteiger partial charge in [0, 0.05) is 0 Å². The van der Waals surface area contributed by atoms with Gasteiger partial charge in [0.15, 0.2) is 0 Å². The number of hydrogen-bond acceptors (Lipinski definition) is 0. The van der Waals surface area contributed by atoms with E-state index < -0.39 is 0 Å². The number of rotatable bonds is 0. The molecule has 0 radical (unpaired) electrons. The summed E-state index contributed by atoms with van der Waals surface area (Å²) in [7, 11) is 0. The van der Waals surface area contributed by atoms with Crippen molar-refractivity contribution in [1.82, 2.24) is 0 Å². The lowest BCUT2D eigenvalue weighted by atomic mass is 9.89. The molecule has 84 valence electrons. The first-order valence-corrected chi connectivity index (χ1v) is 6.67. The molecule has 0 N–H and O–H groups in total. The van der Waals surface area contributed by atoms with Crippen molar-refractivity contribution in [3.8, 4) is 0 Å². The van der Waals surface area contributed by atoms with Gasteiger partial charge in [0.05, 0.1) is 0 Å². The molecule has 0 heterocycles. The minimum absolute atomic E-state index is 1.13. The Morgan fingerprint density at radius 1 is 0.882 bits per heavy atom. The molecule has 0 unspecified atom stereocenters. The van der Waals surface area contributed by atoms with Gasteiger partial charge >= 0.3 is 0 Å². The largest absolute Gasteiger partial charge is 0.0719 e. The smallest absolute Gasteiger partial charge is 0.00735 e. The van der Waals surface area contributed by atoms with Crippen molar-refractivity contribution >= 4 is 0 Å². The predicted octanol–water partition coefficient (Wildman–Crippen LogP) is 4.55. The van der Waals surface area contributed by atoms with Gasteiger partial charge < -0.3 is 0 Å². The van der Waals surface area contributed by atoms with Crippen molar-refractivity contribution in [1.29, 1.82) is 0 Å². The normalized spacial score (nSPS) is 28.5. The lowest BCUT2D eigenvalue weighted by Gasteiger charge is -2.16. The third kappa shape index (κ3) is 1.24. The van der Waals surface area contributed by atoms with Gasteiger partial charge in [-0.05, 0) is 65.5 Å². The third-order valence-electron chi connectivity index (χ3n) is 4.29. The summed E-state index contributed by atoms with van der Waals surface area (Å²) in [5.74, 6) is 0. The topological polar surface area (TPSA) is 0 Å². The molecule has 0 aromatic carbocycles. The molecule has 0 saturated heterocycles. The average molecular weight is 220 g/mol. The van der Waals surface area contributed by atoms with E-state index in [1.165, 1.54) is 36.8 Å². The van der Waals surface area contributed by atoms with Crippen molar-refractivity contribution in [3.05, 3.63) is 69.9 Å². The fourth-order valence-electron chi connectivity index (χ4n) is 3.55. The summed E-state index contributed by atoms with van der Waals surface area (Å²) in [4.78, 5) is 0. The molecule has 0 aliphatic heterocycles. The van der Waals surface area contributed by atoms with Gasteiger partial charge in [-0.2, -0.15) is 0 Å². The second-order valence-corrected chi connectivity index (χ2v) is 5.21.